The molecule has 0 aromatic rings. The summed E-state index contributed by atoms with van der Waals surface area (Å²) in [6.07, 6.45) is 0.488. The third-order valence-electron chi connectivity index (χ3n) is 2.01. The minimum atomic E-state index is -2.45. The minimum Gasteiger partial charge on any atom is -0.330 e. The van der Waals surface area contributed by atoms with Crippen LogP contribution in [0, 0.1) is 5.92 Å². The first-order valence-electron chi connectivity index (χ1n) is 3.82. The molecule has 0 radical (unpaired) electrons. The van der Waals surface area contributed by atoms with Crippen molar-refractivity contribution in [2.24, 2.45) is 11.7 Å². The van der Waals surface area contributed by atoms with Gasteiger partial charge in [-0.2, -0.15) is 11.8 Å². The van der Waals surface area contributed by atoms with Crippen LogP contribution in [0.5, 0.6) is 0 Å². The van der Waals surface area contributed by atoms with Gasteiger partial charge >= 0.3 is 0 Å². The predicted octanol–water partition coefficient (Wildman–Crippen LogP) is 1.72. The normalized spacial score (nSPS) is 30.3. The van der Waals surface area contributed by atoms with Crippen molar-refractivity contribution < 1.29 is 8.78 Å². The van der Waals surface area contributed by atoms with Gasteiger partial charge in [-0.1, -0.05) is 0 Å². The van der Waals surface area contributed by atoms with Gasteiger partial charge in [-0.3, -0.25) is 0 Å². The first-order valence-corrected chi connectivity index (χ1v) is 4.98. The summed E-state index contributed by atoms with van der Waals surface area (Å²) in [6, 6.07) is 0. The van der Waals surface area contributed by atoms with E-state index in [1.165, 1.54) is 0 Å². The molecule has 0 saturated carbocycles. The summed E-state index contributed by atoms with van der Waals surface area (Å²) in [6.45, 7) is 0.376. The number of nitrogens with two attached hydrogens (primary N) is 1. The number of hydrogen-bond donors (Lipinski definition) is 1. The quantitative estimate of drug-likeness (QED) is 0.702. The van der Waals surface area contributed by atoms with Crippen LogP contribution in [-0.2, 0) is 0 Å². The highest BCUT2D eigenvalue weighted by molar-refractivity contribution is 7.99. The summed E-state index contributed by atoms with van der Waals surface area (Å²) in [4.78, 5) is 0. The molecular formula is C7H13F2NS. The average Bonchev–Trinajstić information content (AvgIpc) is 1.94. The zero-order chi connectivity index (χ0) is 8.32. The highest BCUT2D eigenvalue weighted by Crippen LogP contribution is 2.38. The van der Waals surface area contributed by atoms with E-state index in [1.807, 2.05) is 0 Å². The van der Waals surface area contributed by atoms with Gasteiger partial charge in [0, 0.05) is 18.1 Å². The van der Waals surface area contributed by atoms with Gasteiger partial charge in [-0.05, 0) is 18.7 Å². The molecule has 1 heterocycles. The second-order valence-electron chi connectivity index (χ2n) is 2.86. The second kappa shape index (κ2) is 3.72. The molecule has 0 aromatic heterocycles. The van der Waals surface area contributed by atoms with E-state index in [2.05, 4.69) is 0 Å². The molecule has 66 valence electrons. The van der Waals surface area contributed by atoms with Crippen LogP contribution in [0.25, 0.3) is 0 Å². The fourth-order valence-corrected chi connectivity index (χ4v) is 2.53. The average molecular weight is 181 g/mol. The van der Waals surface area contributed by atoms with Crippen molar-refractivity contribution in [1.29, 1.82) is 0 Å². The van der Waals surface area contributed by atoms with E-state index in [0.717, 1.165) is 0 Å². The van der Waals surface area contributed by atoms with Crippen molar-refractivity contribution in [3.8, 4) is 0 Å². The molecule has 1 nitrogen and oxygen atoms in total. The summed E-state index contributed by atoms with van der Waals surface area (Å²) in [5, 5.41) is 0. The van der Waals surface area contributed by atoms with E-state index in [1.54, 1.807) is 11.8 Å². The Bertz CT molecular complexity index is 128. The predicted molar refractivity (Wildman–Crippen MR) is 44.1 cm³/mol. The van der Waals surface area contributed by atoms with Gasteiger partial charge in [-0.25, -0.2) is 8.78 Å². The van der Waals surface area contributed by atoms with Crippen molar-refractivity contribution in [3.05, 3.63) is 0 Å². The summed E-state index contributed by atoms with van der Waals surface area (Å²) in [5.41, 5.74) is 5.24. The van der Waals surface area contributed by atoms with Gasteiger partial charge < -0.3 is 5.73 Å². The van der Waals surface area contributed by atoms with Crippen LogP contribution < -0.4 is 5.73 Å². The Balaban J connectivity index is 2.45. The molecule has 2 N–H and O–H groups in total. The van der Waals surface area contributed by atoms with E-state index in [4.69, 9.17) is 5.73 Å². The summed E-state index contributed by atoms with van der Waals surface area (Å²) in [7, 11) is 0. The standard InChI is InChI=1S/C7H13F2NS/c8-7(9)2-4-11-5-6(7)1-3-10/h6H,1-5,10H2. The molecule has 0 aromatic carbocycles. The lowest BCUT2D eigenvalue weighted by atomic mass is 9.97. The third kappa shape index (κ3) is 2.30. The molecule has 0 aliphatic carbocycles. The molecule has 1 atom stereocenters. The monoisotopic (exact) mass is 181 g/mol. The lowest BCUT2D eigenvalue weighted by Gasteiger charge is -2.30. The summed E-state index contributed by atoms with van der Waals surface area (Å²) >= 11 is 1.61. The summed E-state index contributed by atoms with van der Waals surface area (Å²) < 4.78 is 26.0. The molecule has 1 rings (SSSR count). The van der Waals surface area contributed by atoms with E-state index >= 15 is 0 Å². The minimum absolute atomic E-state index is 0.0301. The molecular weight excluding hydrogens is 168 g/mol. The van der Waals surface area contributed by atoms with Crippen molar-refractivity contribution in [1.82, 2.24) is 0 Å². The third-order valence-corrected chi connectivity index (χ3v) is 3.14. The largest absolute Gasteiger partial charge is 0.330 e. The summed E-state index contributed by atoms with van der Waals surface area (Å²) in [5.74, 6) is -1.77. The molecule has 11 heavy (non-hydrogen) atoms. The lowest BCUT2D eigenvalue weighted by molar-refractivity contribution is -0.0565. The number of rotatable bonds is 2. The van der Waals surface area contributed by atoms with Crippen LogP contribution in [-0.4, -0.2) is 24.0 Å². The highest BCUT2D eigenvalue weighted by Gasteiger charge is 2.40. The van der Waals surface area contributed by atoms with Gasteiger partial charge in [0.2, 0.25) is 0 Å². The van der Waals surface area contributed by atoms with Crippen molar-refractivity contribution in [2.75, 3.05) is 18.1 Å². The van der Waals surface area contributed by atoms with Gasteiger partial charge in [0.05, 0.1) is 0 Å². The van der Waals surface area contributed by atoms with Crippen molar-refractivity contribution in [3.63, 3.8) is 0 Å². The number of halogens is 2. The van der Waals surface area contributed by atoms with Gasteiger partial charge in [-0.15, -0.1) is 0 Å². The van der Waals surface area contributed by atoms with Crippen LogP contribution in [0.3, 0.4) is 0 Å². The molecule has 1 aliphatic heterocycles. The van der Waals surface area contributed by atoms with E-state index in [-0.39, 0.29) is 6.42 Å². The van der Waals surface area contributed by atoms with Crippen molar-refractivity contribution in [2.45, 2.75) is 18.8 Å². The zero-order valence-corrected chi connectivity index (χ0v) is 7.17. The van der Waals surface area contributed by atoms with E-state index < -0.39 is 11.8 Å². The molecule has 4 heteroatoms. The second-order valence-corrected chi connectivity index (χ2v) is 4.01. The zero-order valence-electron chi connectivity index (χ0n) is 6.35. The maximum absolute atomic E-state index is 13.0. The molecule has 1 aliphatic rings. The first kappa shape index (κ1) is 9.26. The topological polar surface area (TPSA) is 26.0 Å². The Hall–Kier alpha value is 0.170. The van der Waals surface area contributed by atoms with Crippen LogP contribution in [0.1, 0.15) is 12.8 Å². The van der Waals surface area contributed by atoms with Crippen LogP contribution >= 0.6 is 11.8 Å². The van der Waals surface area contributed by atoms with Gasteiger partial charge in [0.15, 0.2) is 0 Å². The fourth-order valence-electron chi connectivity index (χ4n) is 1.26. The Morgan fingerprint density at radius 2 is 2.27 bits per heavy atom. The SMILES string of the molecule is NCCC1CSCCC1(F)F. The van der Waals surface area contributed by atoms with Gasteiger partial charge in [0.25, 0.3) is 5.92 Å². The van der Waals surface area contributed by atoms with Crippen LogP contribution in [0.15, 0.2) is 0 Å². The lowest BCUT2D eigenvalue weighted by Crippen LogP contribution is -2.35. The Labute approximate surface area is 69.7 Å². The van der Waals surface area contributed by atoms with Gasteiger partial charge in [0.1, 0.15) is 0 Å². The van der Waals surface area contributed by atoms with Crippen LogP contribution in [0.4, 0.5) is 8.78 Å². The molecule has 0 spiro atoms. The fraction of sp³-hybridized carbons (Fsp3) is 1.00. The van der Waals surface area contributed by atoms with Crippen LogP contribution in [0.2, 0.25) is 0 Å². The Morgan fingerprint density at radius 3 is 2.82 bits per heavy atom. The van der Waals surface area contributed by atoms with E-state index in [0.29, 0.717) is 24.5 Å². The van der Waals surface area contributed by atoms with E-state index in [9.17, 15) is 8.78 Å². The Morgan fingerprint density at radius 1 is 1.55 bits per heavy atom. The smallest absolute Gasteiger partial charge is 0.252 e. The van der Waals surface area contributed by atoms with Crippen molar-refractivity contribution >= 4 is 11.8 Å². The molecule has 1 fully saturated rings. The first-order chi connectivity index (χ1) is 5.17. The maximum Gasteiger partial charge on any atom is 0.252 e. The Kier molecular flexibility index (Phi) is 3.13. The highest BCUT2D eigenvalue weighted by atomic mass is 32.2. The number of hydrogen-bond acceptors (Lipinski definition) is 2. The number of alkyl halides is 2. The molecule has 0 bridgehead atoms. The number of thioether (sulfide) groups is 1. The maximum atomic E-state index is 13.0. The molecule has 1 saturated heterocycles. The molecule has 1 unspecified atom stereocenters. The molecule has 0 amide bonds.